The summed E-state index contributed by atoms with van der Waals surface area (Å²) < 4.78 is 13.8. The predicted molar refractivity (Wildman–Crippen MR) is 72.2 cm³/mol. The maximum Gasteiger partial charge on any atom is 0.129 e. The minimum absolute atomic E-state index is 0.277. The summed E-state index contributed by atoms with van der Waals surface area (Å²) in [5, 5.41) is 12.2. The van der Waals surface area contributed by atoms with Gasteiger partial charge in [0.05, 0.1) is 0 Å². The summed E-state index contributed by atoms with van der Waals surface area (Å²) in [6.07, 6.45) is 2.39. The molecule has 0 aliphatic heterocycles. The van der Waals surface area contributed by atoms with Crippen LogP contribution in [0, 0.1) is 5.82 Å². The molecule has 3 rings (SSSR count). The van der Waals surface area contributed by atoms with E-state index in [0.29, 0.717) is 5.56 Å². The molecule has 2 nitrogen and oxygen atoms in total. The van der Waals surface area contributed by atoms with E-state index in [2.05, 4.69) is 4.98 Å². The van der Waals surface area contributed by atoms with Crippen LogP contribution in [0.3, 0.4) is 0 Å². The van der Waals surface area contributed by atoms with Crippen LogP contribution in [-0.4, -0.2) is 10.1 Å². The molecule has 0 aliphatic carbocycles. The molecule has 0 bridgehead atoms. The Morgan fingerprint density at radius 3 is 2.58 bits per heavy atom. The number of aliphatic hydroxyl groups excluding tert-OH is 1. The Labute approximate surface area is 110 Å². The van der Waals surface area contributed by atoms with Gasteiger partial charge >= 0.3 is 0 Å². The summed E-state index contributed by atoms with van der Waals surface area (Å²) in [6, 6.07) is 13.7. The number of hydrogen-bond acceptors (Lipinski definition) is 2. The Morgan fingerprint density at radius 1 is 0.947 bits per heavy atom. The summed E-state index contributed by atoms with van der Waals surface area (Å²) in [5.41, 5.74) is 0.939. The first kappa shape index (κ1) is 11.8. The Morgan fingerprint density at radius 2 is 1.74 bits per heavy atom. The molecule has 1 aromatic heterocycles. The van der Waals surface area contributed by atoms with E-state index in [1.54, 1.807) is 36.7 Å². The van der Waals surface area contributed by atoms with Gasteiger partial charge in [0.15, 0.2) is 0 Å². The van der Waals surface area contributed by atoms with Gasteiger partial charge in [-0.3, -0.25) is 4.98 Å². The molecular weight excluding hydrogens is 241 g/mol. The SMILES string of the molecule is OC(c1ccccc1F)c1cccc2ccncc12. The van der Waals surface area contributed by atoms with Gasteiger partial charge in [-0.25, -0.2) is 4.39 Å². The van der Waals surface area contributed by atoms with Gasteiger partial charge in [-0.15, -0.1) is 0 Å². The lowest BCUT2D eigenvalue weighted by Crippen LogP contribution is -2.03. The van der Waals surface area contributed by atoms with Crippen molar-refractivity contribution in [2.45, 2.75) is 6.10 Å². The fourth-order valence-electron chi connectivity index (χ4n) is 2.24. The molecule has 1 N–H and O–H groups in total. The first-order chi connectivity index (χ1) is 9.27. The maximum absolute atomic E-state index is 13.8. The number of fused-ring (bicyclic) bond motifs is 1. The molecule has 1 heterocycles. The number of rotatable bonds is 2. The molecule has 0 spiro atoms. The third kappa shape index (κ3) is 2.09. The zero-order valence-electron chi connectivity index (χ0n) is 10.1. The molecule has 0 fully saturated rings. The highest BCUT2D eigenvalue weighted by Crippen LogP contribution is 2.29. The highest BCUT2D eigenvalue weighted by molar-refractivity contribution is 5.85. The Balaban J connectivity index is 2.17. The average molecular weight is 253 g/mol. The van der Waals surface area contributed by atoms with Gasteiger partial charge in [-0.2, -0.15) is 0 Å². The van der Waals surface area contributed by atoms with E-state index < -0.39 is 11.9 Å². The van der Waals surface area contributed by atoms with Crippen LogP contribution in [-0.2, 0) is 0 Å². The fourth-order valence-corrected chi connectivity index (χ4v) is 2.24. The van der Waals surface area contributed by atoms with Crippen molar-refractivity contribution in [2.75, 3.05) is 0 Å². The molecule has 19 heavy (non-hydrogen) atoms. The van der Waals surface area contributed by atoms with Crippen LogP contribution in [0.1, 0.15) is 17.2 Å². The molecule has 0 aliphatic rings. The second-order valence-corrected chi connectivity index (χ2v) is 4.37. The minimum Gasteiger partial charge on any atom is -0.384 e. The Bertz CT molecular complexity index is 721. The van der Waals surface area contributed by atoms with Crippen LogP contribution in [0.5, 0.6) is 0 Å². The number of pyridine rings is 1. The molecule has 0 amide bonds. The standard InChI is InChI=1S/C16H12FNO/c17-15-7-2-1-5-13(15)16(19)12-6-3-4-11-8-9-18-10-14(11)12/h1-10,16,19H. The van der Waals surface area contributed by atoms with Crippen molar-refractivity contribution in [3.63, 3.8) is 0 Å². The average Bonchev–Trinajstić information content (AvgIpc) is 2.46. The molecule has 1 unspecified atom stereocenters. The van der Waals surface area contributed by atoms with Gasteiger partial charge in [-0.05, 0) is 23.1 Å². The Kier molecular flexibility index (Phi) is 2.97. The normalized spacial score (nSPS) is 12.5. The molecule has 0 saturated carbocycles. The van der Waals surface area contributed by atoms with E-state index in [1.807, 2.05) is 18.2 Å². The largest absolute Gasteiger partial charge is 0.384 e. The molecule has 1 atom stereocenters. The maximum atomic E-state index is 13.8. The summed E-state index contributed by atoms with van der Waals surface area (Å²) in [5.74, 6) is -0.407. The molecule has 3 aromatic rings. The molecule has 0 saturated heterocycles. The van der Waals surface area contributed by atoms with Gasteiger partial charge in [0.25, 0.3) is 0 Å². The van der Waals surface area contributed by atoms with Gasteiger partial charge in [0, 0.05) is 23.3 Å². The van der Waals surface area contributed by atoms with E-state index in [4.69, 9.17) is 0 Å². The lowest BCUT2D eigenvalue weighted by molar-refractivity contribution is 0.216. The lowest BCUT2D eigenvalue weighted by Gasteiger charge is -2.14. The topological polar surface area (TPSA) is 33.1 Å². The van der Waals surface area contributed by atoms with E-state index in [1.165, 1.54) is 6.07 Å². The lowest BCUT2D eigenvalue weighted by atomic mass is 9.97. The number of nitrogens with zero attached hydrogens (tertiary/aromatic N) is 1. The second-order valence-electron chi connectivity index (χ2n) is 4.37. The van der Waals surface area contributed by atoms with Gasteiger partial charge in [-0.1, -0.05) is 36.4 Å². The van der Waals surface area contributed by atoms with Gasteiger partial charge in [0.1, 0.15) is 11.9 Å². The van der Waals surface area contributed by atoms with Crippen molar-refractivity contribution in [2.24, 2.45) is 0 Å². The zero-order valence-corrected chi connectivity index (χ0v) is 10.1. The van der Waals surface area contributed by atoms with E-state index >= 15 is 0 Å². The second kappa shape index (κ2) is 4.78. The number of benzene rings is 2. The molecule has 0 radical (unpaired) electrons. The van der Waals surface area contributed by atoms with Gasteiger partial charge < -0.3 is 5.11 Å². The summed E-state index contributed by atoms with van der Waals surface area (Å²) >= 11 is 0. The van der Waals surface area contributed by atoms with Crippen molar-refractivity contribution in [3.8, 4) is 0 Å². The number of halogens is 1. The molecule has 94 valence electrons. The number of hydrogen-bond donors (Lipinski definition) is 1. The van der Waals surface area contributed by atoms with Crippen molar-refractivity contribution >= 4 is 10.8 Å². The highest BCUT2D eigenvalue weighted by atomic mass is 19.1. The van der Waals surface area contributed by atoms with Gasteiger partial charge in [0.2, 0.25) is 0 Å². The fraction of sp³-hybridized carbons (Fsp3) is 0.0625. The first-order valence-corrected chi connectivity index (χ1v) is 6.02. The zero-order chi connectivity index (χ0) is 13.2. The molecule has 3 heteroatoms. The van der Waals surface area contributed by atoms with Crippen LogP contribution in [0.4, 0.5) is 4.39 Å². The summed E-state index contributed by atoms with van der Waals surface area (Å²) in [7, 11) is 0. The van der Waals surface area contributed by atoms with Crippen LogP contribution < -0.4 is 0 Å². The quantitative estimate of drug-likeness (QED) is 0.758. The third-order valence-corrected chi connectivity index (χ3v) is 3.21. The monoisotopic (exact) mass is 253 g/mol. The summed E-state index contributed by atoms with van der Waals surface area (Å²) in [6.45, 7) is 0. The minimum atomic E-state index is -0.992. The Hall–Kier alpha value is -2.26. The van der Waals surface area contributed by atoms with E-state index in [9.17, 15) is 9.50 Å². The molecule has 2 aromatic carbocycles. The van der Waals surface area contributed by atoms with Crippen molar-refractivity contribution in [1.29, 1.82) is 0 Å². The van der Waals surface area contributed by atoms with E-state index in [-0.39, 0.29) is 5.56 Å². The van der Waals surface area contributed by atoms with Crippen molar-refractivity contribution in [3.05, 3.63) is 77.9 Å². The smallest absolute Gasteiger partial charge is 0.129 e. The van der Waals surface area contributed by atoms with Crippen molar-refractivity contribution < 1.29 is 9.50 Å². The number of aromatic nitrogens is 1. The van der Waals surface area contributed by atoms with E-state index in [0.717, 1.165) is 10.8 Å². The first-order valence-electron chi connectivity index (χ1n) is 6.02. The van der Waals surface area contributed by atoms with Crippen molar-refractivity contribution in [1.82, 2.24) is 4.98 Å². The van der Waals surface area contributed by atoms with Crippen LogP contribution in [0.2, 0.25) is 0 Å². The van der Waals surface area contributed by atoms with Crippen LogP contribution in [0.25, 0.3) is 10.8 Å². The number of aliphatic hydroxyl groups is 1. The third-order valence-electron chi connectivity index (χ3n) is 3.21. The van der Waals surface area contributed by atoms with Crippen LogP contribution >= 0.6 is 0 Å². The highest BCUT2D eigenvalue weighted by Gasteiger charge is 2.16. The summed E-state index contributed by atoms with van der Waals surface area (Å²) in [4.78, 5) is 4.07. The predicted octanol–water partition coefficient (Wildman–Crippen LogP) is 3.46. The molecular formula is C16H12FNO. The van der Waals surface area contributed by atoms with Crippen LogP contribution in [0.15, 0.2) is 60.9 Å².